The molecule has 4 heteroatoms. The maximum absolute atomic E-state index is 13.4. The van der Waals surface area contributed by atoms with Crippen molar-refractivity contribution in [3.8, 4) is 0 Å². The highest BCUT2D eigenvalue weighted by atomic mass is 35.5. The predicted molar refractivity (Wildman–Crippen MR) is 73.4 cm³/mol. The topological polar surface area (TPSA) is 12.0 Å². The van der Waals surface area contributed by atoms with Gasteiger partial charge in [-0.25, -0.2) is 8.78 Å². The fourth-order valence-electron chi connectivity index (χ4n) is 2.14. The predicted octanol–water partition coefficient (Wildman–Crippen LogP) is 4.24. The van der Waals surface area contributed by atoms with Gasteiger partial charge in [-0.15, -0.1) is 0 Å². The average molecular weight is 282 g/mol. The normalized spacial score (nSPS) is 12.5. The highest BCUT2D eigenvalue weighted by Crippen LogP contribution is 2.30. The van der Waals surface area contributed by atoms with Gasteiger partial charge in [-0.2, -0.15) is 0 Å². The van der Waals surface area contributed by atoms with Crippen LogP contribution in [0.2, 0.25) is 5.02 Å². The lowest BCUT2D eigenvalue weighted by Crippen LogP contribution is -2.19. The molecule has 1 N–H and O–H groups in total. The van der Waals surface area contributed by atoms with E-state index in [1.54, 1.807) is 19.2 Å². The summed E-state index contributed by atoms with van der Waals surface area (Å²) in [5.74, 6) is -0.696. The minimum absolute atomic E-state index is 0.274. The molecule has 0 saturated carbocycles. The van der Waals surface area contributed by atoms with Crippen molar-refractivity contribution in [1.29, 1.82) is 0 Å². The number of rotatable bonds is 3. The second-order valence-corrected chi connectivity index (χ2v) is 4.80. The molecular formula is C15H14ClF2N. The summed E-state index contributed by atoms with van der Waals surface area (Å²) in [5, 5.41) is 3.41. The van der Waals surface area contributed by atoms with Crippen molar-refractivity contribution in [2.24, 2.45) is 0 Å². The third-order valence-electron chi connectivity index (χ3n) is 3.11. The number of benzene rings is 2. The SMILES string of the molecule is CNC(c1cc(F)ccc1C)c1ccc(F)cc1Cl. The van der Waals surface area contributed by atoms with Gasteiger partial charge < -0.3 is 5.32 Å². The quantitative estimate of drug-likeness (QED) is 0.887. The molecule has 0 aliphatic rings. The van der Waals surface area contributed by atoms with E-state index < -0.39 is 0 Å². The highest BCUT2D eigenvalue weighted by molar-refractivity contribution is 6.31. The van der Waals surface area contributed by atoms with E-state index in [0.717, 1.165) is 16.7 Å². The third-order valence-corrected chi connectivity index (χ3v) is 3.44. The van der Waals surface area contributed by atoms with Crippen LogP contribution in [-0.2, 0) is 0 Å². The monoisotopic (exact) mass is 281 g/mol. The minimum Gasteiger partial charge on any atom is -0.309 e. The molecule has 2 rings (SSSR count). The lowest BCUT2D eigenvalue weighted by molar-refractivity contribution is 0.611. The molecular weight excluding hydrogens is 268 g/mol. The number of nitrogens with one attached hydrogen (secondary N) is 1. The Kier molecular flexibility index (Phi) is 4.17. The number of aryl methyl sites for hydroxylation is 1. The molecule has 0 saturated heterocycles. The van der Waals surface area contributed by atoms with E-state index in [1.807, 2.05) is 6.92 Å². The summed E-state index contributed by atoms with van der Waals surface area (Å²) in [6.45, 7) is 1.90. The van der Waals surface area contributed by atoms with Crippen LogP contribution < -0.4 is 5.32 Å². The Morgan fingerprint density at radius 3 is 2.26 bits per heavy atom. The van der Waals surface area contributed by atoms with E-state index in [9.17, 15) is 8.78 Å². The second-order valence-electron chi connectivity index (χ2n) is 4.39. The molecule has 1 unspecified atom stereocenters. The van der Waals surface area contributed by atoms with Gasteiger partial charge in [0.1, 0.15) is 11.6 Å². The Bertz CT molecular complexity index is 599. The first-order chi connectivity index (χ1) is 9.02. The molecule has 0 aromatic heterocycles. The average Bonchev–Trinajstić information content (AvgIpc) is 2.36. The van der Waals surface area contributed by atoms with Crippen LogP contribution in [0.1, 0.15) is 22.7 Å². The van der Waals surface area contributed by atoms with E-state index in [0.29, 0.717) is 5.02 Å². The minimum atomic E-state index is -0.389. The summed E-state index contributed by atoms with van der Waals surface area (Å²) in [4.78, 5) is 0. The van der Waals surface area contributed by atoms with Gasteiger partial charge in [-0.1, -0.05) is 23.7 Å². The molecule has 19 heavy (non-hydrogen) atoms. The van der Waals surface area contributed by atoms with Crippen molar-refractivity contribution in [3.63, 3.8) is 0 Å². The van der Waals surface area contributed by atoms with Crippen LogP contribution in [0.3, 0.4) is 0 Å². The first-order valence-electron chi connectivity index (χ1n) is 5.91. The van der Waals surface area contributed by atoms with Gasteiger partial charge >= 0.3 is 0 Å². The lowest BCUT2D eigenvalue weighted by atomic mass is 9.95. The van der Waals surface area contributed by atoms with Crippen molar-refractivity contribution in [2.75, 3.05) is 7.05 Å². The van der Waals surface area contributed by atoms with Crippen molar-refractivity contribution in [2.45, 2.75) is 13.0 Å². The van der Waals surface area contributed by atoms with Crippen LogP contribution in [0.25, 0.3) is 0 Å². The molecule has 100 valence electrons. The molecule has 1 atom stereocenters. The van der Waals surface area contributed by atoms with Gasteiger partial charge in [0.05, 0.1) is 6.04 Å². The fourth-order valence-corrected chi connectivity index (χ4v) is 2.41. The zero-order chi connectivity index (χ0) is 14.0. The van der Waals surface area contributed by atoms with Gasteiger partial charge in [0.15, 0.2) is 0 Å². The summed E-state index contributed by atoms with van der Waals surface area (Å²) in [6.07, 6.45) is 0. The molecule has 0 aliphatic heterocycles. The van der Waals surface area contributed by atoms with Gasteiger partial charge in [0.25, 0.3) is 0 Å². The Morgan fingerprint density at radius 1 is 1.00 bits per heavy atom. The van der Waals surface area contributed by atoms with Gasteiger partial charge in [-0.05, 0) is 54.9 Å². The molecule has 0 aliphatic carbocycles. The first-order valence-corrected chi connectivity index (χ1v) is 6.29. The summed E-state index contributed by atoms with van der Waals surface area (Å²) in [6, 6.07) is 8.54. The van der Waals surface area contributed by atoms with E-state index in [4.69, 9.17) is 11.6 Å². The van der Waals surface area contributed by atoms with E-state index in [2.05, 4.69) is 5.32 Å². The van der Waals surface area contributed by atoms with Crippen molar-refractivity contribution >= 4 is 11.6 Å². The van der Waals surface area contributed by atoms with E-state index in [-0.39, 0.29) is 17.7 Å². The Labute approximate surface area is 116 Å². The highest BCUT2D eigenvalue weighted by Gasteiger charge is 2.18. The standard InChI is InChI=1S/C15H14ClF2N/c1-9-3-4-10(17)7-13(9)15(19-2)12-6-5-11(18)8-14(12)16/h3-8,15,19H,1-2H3. The third kappa shape index (κ3) is 2.94. The number of hydrogen-bond acceptors (Lipinski definition) is 1. The van der Waals surface area contributed by atoms with Crippen molar-refractivity contribution in [3.05, 3.63) is 69.7 Å². The molecule has 0 fully saturated rings. The summed E-state index contributed by atoms with van der Waals surface area (Å²) < 4.78 is 26.5. The smallest absolute Gasteiger partial charge is 0.124 e. The lowest BCUT2D eigenvalue weighted by Gasteiger charge is -2.20. The molecule has 0 amide bonds. The maximum atomic E-state index is 13.4. The molecule has 2 aromatic carbocycles. The molecule has 0 heterocycles. The molecule has 0 spiro atoms. The number of halogens is 3. The van der Waals surface area contributed by atoms with E-state index >= 15 is 0 Å². The van der Waals surface area contributed by atoms with Crippen LogP contribution in [-0.4, -0.2) is 7.05 Å². The van der Waals surface area contributed by atoms with Crippen LogP contribution >= 0.6 is 11.6 Å². The summed E-state index contributed by atoms with van der Waals surface area (Å²) in [5.41, 5.74) is 2.46. The van der Waals surface area contributed by atoms with Crippen LogP contribution in [0.4, 0.5) is 8.78 Å². The largest absolute Gasteiger partial charge is 0.309 e. The van der Waals surface area contributed by atoms with Gasteiger partial charge in [0, 0.05) is 5.02 Å². The maximum Gasteiger partial charge on any atom is 0.124 e. The molecule has 0 radical (unpaired) electrons. The first kappa shape index (κ1) is 14.0. The summed E-state index contributed by atoms with van der Waals surface area (Å²) in [7, 11) is 1.76. The molecule has 0 bridgehead atoms. The fraction of sp³-hybridized carbons (Fsp3) is 0.200. The zero-order valence-electron chi connectivity index (χ0n) is 10.7. The zero-order valence-corrected chi connectivity index (χ0v) is 11.4. The number of hydrogen-bond donors (Lipinski definition) is 1. The summed E-state index contributed by atoms with van der Waals surface area (Å²) >= 11 is 6.07. The van der Waals surface area contributed by atoms with Gasteiger partial charge in [-0.3, -0.25) is 0 Å². The van der Waals surface area contributed by atoms with Crippen LogP contribution in [0.5, 0.6) is 0 Å². The van der Waals surface area contributed by atoms with Gasteiger partial charge in [0.2, 0.25) is 0 Å². The van der Waals surface area contributed by atoms with Crippen molar-refractivity contribution in [1.82, 2.24) is 5.32 Å². The van der Waals surface area contributed by atoms with Crippen LogP contribution in [0.15, 0.2) is 36.4 Å². The Morgan fingerprint density at radius 2 is 1.63 bits per heavy atom. The van der Waals surface area contributed by atoms with E-state index in [1.165, 1.54) is 24.3 Å². The Balaban J connectivity index is 2.52. The van der Waals surface area contributed by atoms with Crippen molar-refractivity contribution < 1.29 is 8.78 Å². The van der Waals surface area contributed by atoms with Crippen LogP contribution in [0, 0.1) is 18.6 Å². The second kappa shape index (κ2) is 5.68. The molecule has 2 aromatic rings. The molecule has 1 nitrogen and oxygen atoms in total. The Hall–Kier alpha value is -1.45.